The molecule has 1 spiro atoms. The molecule has 1 aromatic rings. The largest absolute Gasteiger partial charge is 0.361 e. The van der Waals surface area contributed by atoms with Crippen LogP contribution < -0.4 is 10.6 Å². The van der Waals surface area contributed by atoms with Crippen LogP contribution in [-0.2, 0) is 4.79 Å². The third kappa shape index (κ3) is 1.33. The predicted molar refractivity (Wildman–Crippen MR) is 75.8 cm³/mol. The maximum atomic E-state index is 11.8. The van der Waals surface area contributed by atoms with E-state index in [-0.39, 0.29) is 17.4 Å². The fraction of sp³-hybridized carbons (Fsp3) is 0.429. The summed E-state index contributed by atoms with van der Waals surface area (Å²) < 4.78 is 0. The topological polar surface area (TPSA) is 79.3 Å². The van der Waals surface area contributed by atoms with Crippen LogP contribution in [-0.4, -0.2) is 35.2 Å². The van der Waals surface area contributed by atoms with Gasteiger partial charge in [0.05, 0.1) is 29.4 Å². The molecule has 20 heavy (non-hydrogen) atoms. The molecule has 2 N–H and O–H groups in total. The Labute approximate surface area is 116 Å². The number of allylic oxidation sites excluding steroid dienone is 1. The first-order valence-electron chi connectivity index (χ1n) is 6.69. The van der Waals surface area contributed by atoms with Crippen LogP contribution in [0, 0.1) is 18.3 Å². The van der Waals surface area contributed by atoms with E-state index < -0.39 is 0 Å². The fourth-order valence-corrected chi connectivity index (χ4v) is 3.34. The second kappa shape index (κ2) is 3.65. The van der Waals surface area contributed by atoms with Gasteiger partial charge in [0.15, 0.2) is 11.6 Å². The van der Waals surface area contributed by atoms with Gasteiger partial charge >= 0.3 is 0 Å². The van der Waals surface area contributed by atoms with Gasteiger partial charge in [0, 0.05) is 7.05 Å². The highest BCUT2D eigenvalue weighted by Crippen LogP contribution is 2.76. The molecule has 2 fully saturated rings. The number of carbonyl (C=O) groups excluding carboxylic acids is 1. The van der Waals surface area contributed by atoms with Crippen molar-refractivity contribution in [1.29, 1.82) is 0 Å². The number of Topliss-reactive ketones (excluding diaryl/α,β-unsaturated/α-hetero) is 1. The maximum absolute atomic E-state index is 11.8. The smallest absolute Gasteiger partial charge is 0.154 e. The van der Waals surface area contributed by atoms with Crippen molar-refractivity contribution in [2.24, 2.45) is 16.3 Å². The van der Waals surface area contributed by atoms with Gasteiger partial charge in [0.1, 0.15) is 12.0 Å². The second-order valence-corrected chi connectivity index (χ2v) is 5.57. The average molecular weight is 269 g/mol. The van der Waals surface area contributed by atoms with Crippen LogP contribution in [0.5, 0.6) is 0 Å². The quantitative estimate of drug-likeness (QED) is 0.487. The van der Waals surface area contributed by atoms with Crippen molar-refractivity contribution in [3.8, 4) is 0 Å². The number of aromatic nitrogens is 2. The number of carbonyl (C=O) groups is 1. The number of aryl methyl sites for hydroxylation is 1. The average Bonchev–Trinajstić information content (AvgIpc) is 3.24. The summed E-state index contributed by atoms with van der Waals surface area (Å²) in [6.07, 6.45) is 6.29. The molecule has 3 unspecified atom stereocenters. The number of nitrogens with zero attached hydrogens (tertiary/aromatic N) is 3. The third-order valence-electron chi connectivity index (χ3n) is 4.51. The lowest BCUT2D eigenvalue weighted by atomic mass is 10.1. The van der Waals surface area contributed by atoms with Crippen molar-refractivity contribution in [3.63, 3.8) is 0 Å². The molecule has 0 saturated heterocycles. The Kier molecular flexibility index (Phi) is 2.11. The van der Waals surface area contributed by atoms with Gasteiger partial charge in [-0.2, -0.15) is 0 Å². The summed E-state index contributed by atoms with van der Waals surface area (Å²) in [6, 6.07) is 0.0691. The molecule has 102 valence electrons. The SMILES string of the molecule is CN=CNc1c(C)ncnc1NC1C=C2CC23C(=O)C13. The van der Waals surface area contributed by atoms with Gasteiger partial charge in [-0.3, -0.25) is 9.79 Å². The lowest BCUT2D eigenvalue weighted by Crippen LogP contribution is -2.22. The molecule has 3 aliphatic carbocycles. The summed E-state index contributed by atoms with van der Waals surface area (Å²) in [7, 11) is 1.70. The van der Waals surface area contributed by atoms with Crippen LogP contribution in [0.4, 0.5) is 11.5 Å². The Hall–Kier alpha value is -2.24. The molecular weight excluding hydrogens is 254 g/mol. The predicted octanol–water partition coefficient (Wildman–Crippen LogP) is 1.16. The van der Waals surface area contributed by atoms with Gasteiger partial charge in [-0.15, -0.1) is 0 Å². The minimum absolute atomic E-state index is 0.0573. The van der Waals surface area contributed by atoms with Crippen LogP contribution in [0.2, 0.25) is 0 Å². The molecule has 1 aromatic heterocycles. The molecule has 6 heteroatoms. The van der Waals surface area contributed by atoms with E-state index >= 15 is 0 Å². The number of aliphatic imine (C=N–C) groups is 1. The highest BCUT2D eigenvalue weighted by molar-refractivity contribution is 6.14. The number of anilines is 2. The highest BCUT2D eigenvalue weighted by Gasteiger charge is 2.81. The maximum Gasteiger partial charge on any atom is 0.154 e. The summed E-state index contributed by atoms with van der Waals surface area (Å²) in [6.45, 7) is 1.91. The summed E-state index contributed by atoms with van der Waals surface area (Å²) in [5, 5.41) is 6.44. The Balaban J connectivity index is 1.60. The van der Waals surface area contributed by atoms with Crippen LogP contribution >= 0.6 is 0 Å². The van der Waals surface area contributed by atoms with Crippen LogP contribution in [0.3, 0.4) is 0 Å². The number of hydrogen-bond donors (Lipinski definition) is 2. The van der Waals surface area contributed by atoms with Crippen molar-refractivity contribution < 1.29 is 4.79 Å². The normalized spacial score (nSPS) is 32.7. The molecule has 3 atom stereocenters. The summed E-state index contributed by atoms with van der Waals surface area (Å²) in [5.74, 6) is 1.23. The number of ketones is 1. The molecule has 0 aliphatic heterocycles. The van der Waals surface area contributed by atoms with Crippen molar-refractivity contribution >= 4 is 23.6 Å². The molecule has 6 nitrogen and oxygen atoms in total. The number of rotatable bonds is 4. The van der Waals surface area contributed by atoms with Crippen molar-refractivity contribution in [2.45, 2.75) is 19.4 Å². The van der Waals surface area contributed by atoms with Gasteiger partial charge in [0.2, 0.25) is 0 Å². The molecular formula is C14H15N5O. The van der Waals surface area contributed by atoms with E-state index in [0.717, 1.165) is 23.6 Å². The van der Waals surface area contributed by atoms with Crippen LogP contribution in [0.25, 0.3) is 0 Å². The Morgan fingerprint density at radius 3 is 3.05 bits per heavy atom. The first-order valence-corrected chi connectivity index (χ1v) is 6.69. The van der Waals surface area contributed by atoms with Crippen molar-refractivity contribution in [1.82, 2.24) is 9.97 Å². The third-order valence-corrected chi connectivity index (χ3v) is 4.51. The van der Waals surface area contributed by atoms with E-state index in [1.54, 1.807) is 13.4 Å². The molecule has 1 heterocycles. The summed E-state index contributed by atoms with van der Waals surface area (Å²) >= 11 is 0. The van der Waals surface area contributed by atoms with Gasteiger partial charge in [0.25, 0.3) is 0 Å². The zero-order valence-electron chi connectivity index (χ0n) is 11.3. The zero-order chi connectivity index (χ0) is 13.9. The highest BCUT2D eigenvalue weighted by atomic mass is 16.1. The van der Waals surface area contributed by atoms with E-state index in [0.29, 0.717) is 5.78 Å². The Morgan fingerprint density at radius 2 is 2.35 bits per heavy atom. The minimum atomic E-state index is -0.0573. The monoisotopic (exact) mass is 269 g/mol. The Morgan fingerprint density at radius 1 is 1.50 bits per heavy atom. The van der Waals surface area contributed by atoms with Gasteiger partial charge in [-0.1, -0.05) is 11.6 Å². The molecule has 4 rings (SSSR count). The molecule has 0 amide bonds. The zero-order valence-corrected chi connectivity index (χ0v) is 11.3. The van der Waals surface area contributed by atoms with E-state index in [9.17, 15) is 4.79 Å². The van der Waals surface area contributed by atoms with Gasteiger partial charge in [-0.25, -0.2) is 9.97 Å². The van der Waals surface area contributed by atoms with Gasteiger partial charge in [-0.05, 0) is 13.3 Å². The molecule has 0 aromatic carbocycles. The Bertz CT molecular complexity index is 680. The lowest BCUT2D eigenvalue weighted by molar-refractivity contribution is -0.112. The molecule has 0 radical (unpaired) electrons. The fourth-order valence-electron chi connectivity index (χ4n) is 3.34. The first kappa shape index (κ1) is 11.6. The van der Waals surface area contributed by atoms with Gasteiger partial charge < -0.3 is 10.6 Å². The second-order valence-electron chi connectivity index (χ2n) is 5.57. The lowest BCUT2D eigenvalue weighted by Gasteiger charge is -2.16. The number of nitrogens with one attached hydrogen (secondary N) is 2. The van der Waals surface area contributed by atoms with E-state index in [4.69, 9.17) is 0 Å². The van der Waals surface area contributed by atoms with E-state index in [1.807, 2.05) is 6.92 Å². The number of hydrogen-bond acceptors (Lipinski definition) is 5. The summed E-state index contributed by atoms with van der Waals surface area (Å²) in [4.78, 5) is 24.2. The molecule has 0 bridgehead atoms. The standard InChI is InChI=1S/C14H15N5O/c1-7-11(17-5-15-2)13(18-6-16-7)19-9-3-8-4-14(8)10(9)12(14)20/h3,5-6,9-10H,4H2,1-2H3,(H,15,17)(H,16,18,19). The van der Waals surface area contributed by atoms with E-state index in [1.165, 1.54) is 11.9 Å². The van der Waals surface area contributed by atoms with Crippen LogP contribution in [0.15, 0.2) is 23.0 Å². The van der Waals surface area contributed by atoms with E-state index in [2.05, 4.69) is 31.7 Å². The minimum Gasteiger partial charge on any atom is -0.361 e. The first-order chi connectivity index (χ1) is 9.68. The summed E-state index contributed by atoms with van der Waals surface area (Å²) in [5.41, 5.74) is 2.90. The molecule has 2 saturated carbocycles. The molecule has 3 aliphatic rings. The van der Waals surface area contributed by atoms with Crippen LogP contribution in [0.1, 0.15) is 12.1 Å². The van der Waals surface area contributed by atoms with Crippen molar-refractivity contribution in [2.75, 3.05) is 17.7 Å². The van der Waals surface area contributed by atoms with Crippen molar-refractivity contribution in [3.05, 3.63) is 23.7 Å².